The van der Waals surface area contributed by atoms with Crippen LogP contribution in [-0.4, -0.2) is 0 Å². The largest absolute Gasteiger partial charge is 0.0999 e. The molecule has 0 heterocycles. The lowest BCUT2D eigenvalue weighted by atomic mass is 9.77. The van der Waals surface area contributed by atoms with Gasteiger partial charge in [-0.25, -0.2) is 0 Å². The molecule has 1 aliphatic carbocycles. The van der Waals surface area contributed by atoms with Gasteiger partial charge in [-0.3, -0.25) is 0 Å². The van der Waals surface area contributed by atoms with Crippen molar-refractivity contribution in [3.8, 4) is 0 Å². The molecule has 3 unspecified atom stereocenters. The molecule has 1 aromatic rings. The van der Waals surface area contributed by atoms with Crippen LogP contribution in [0.2, 0.25) is 0 Å². The summed E-state index contributed by atoms with van der Waals surface area (Å²) in [6, 6.07) is 9.38. The van der Waals surface area contributed by atoms with Crippen molar-refractivity contribution in [3.05, 3.63) is 47.5 Å². The predicted octanol–water partition coefficient (Wildman–Crippen LogP) is 15.5. The number of aryl methyl sites for hydroxylation is 1. The van der Waals surface area contributed by atoms with E-state index in [1.54, 1.807) is 5.56 Å². The van der Waals surface area contributed by atoms with E-state index in [-0.39, 0.29) is 0 Å². The van der Waals surface area contributed by atoms with Crippen molar-refractivity contribution in [1.82, 2.24) is 0 Å². The molecule has 0 nitrogen and oxygen atoms in total. The second kappa shape index (κ2) is 28.7. The second-order valence-electron chi connectivity index (χ2n) is 15.2. The van der Waals surface area contributed by atoms with Gasteiger partial charge in [-0.2, -0.15) is 0 Å². The SMILES string of the molecule is C=C(C)C(C)C.CC.CC1CCCC(CCc2cccc(C(C)C(C)(C)C)c2)CC1.CCC.CCC.CCC(C)(C)C. The molecule has 252 valence electrons. The zero-order valence-electron chi connectivity index (χ0n) is 32.9. The van der Waals surface area contributed by atoms with Crippen LogP contribution in [-0.2, 0) is 6.42 Å². The summed E-state index contributed by atoms with van der Waals surface area (Å²) in [5.41, 5.74) is 5.20. The Hall–Kier alpha value is -1.04. The molecule has 0 amide bonds. The lowest BCUT2D eigenvalue weighted by Gasteiger charge is -2.28. The van der Waals surface area contributed by atoms with Gasteiger partial charge < -0.3 is 0 Å². The molecule has 42 heavy (non-hydrogen) atoms. The van der Waals surface area contributed by atoms with Gasteiger partial charge in [-0.15, -0.1) is 0 Å². The van der Waals surface area contributed by atoms with Gasteiger partial charge in [0.2, 0.25) is 0 Å². The van der Waals surface area contributed by atoms with E-state index in [0.717, 1.165) is 11.8 Å². The van der Waals surface area contributed by atoms with Crippen molar-refractivity contribution in [2.75, 3.05) is 0 Å². The highest BCUT2D eigenvalue weighted by Crippen LogP contribution is 2.35. The van der Waals surface area contributed by atoms with Crippen LogP contribution in [0.3, 0.4) is 0 Å². The zero-order valence-corrected chi connectivity index (χ0v) is 32.9. The summed E-state index contributed by atoms with van der Waals surface area (Å²) in [7, 11) is 0. The Labute approximate surface area is 270 Å². The Morgan fingerprint density at radius 3 is 1.67 bits per heavy atom. The lowest BCUT2D eigenvalue weighted by Crippen LogP contribution is -2.15. The van der Waals surface area contributed by atoms with E-state index in [9.17, 15) is 0 Å². The summed E-state index contributed by atoms with van der Waals surface area (Å²) in [4.78, 5) is 0. The standard InChI is InChI=1S/C22H36.C6H14.C6H12.2C3H8.C2H6/c1-17-8-6-9-19(13-12-17)14-15-20-10-7-11-21(16-20)18(2)22(3,4)5;1-5-6(2,3)4;1-5(2)6(3)4;2*1-3-2;1-2/h7,10-11,16-19H,6,8-9,12-15H2,1-5H3;5H2,1-4H3;6H,1H2,2-4H3;2*3H2,1-2H3;1-2H3. The lowest BCUT2D eigenvalue weighted by molar-refractivity contribution is 0.339. The van der Waals surface area contributed by atoms with Gasteiger partial charge in [0.05, 0.1) is 0 Å². The molecule has 0 aliphatic heterocycles. The summed E-state index contributed by atoms with van der Waals surface area (Å²) >= 11 is 0. The molecule has 0 saturated heterocycles. The topological polar surface area (TPSA) is 0 Å². The first-order chi connectivity index (χ1) is 19.4. The van der Waals surface area contributed by atoms with E-state index in [1.807, 2.05) is 20.8 Å². The Kier molecular flexibility index (Phi) is 32.7. The highest BCUT2D eigenvalue weighted by molar-refractivity contribution is 5.27. The molecule has 0 aromatic heterocycles. The van der Waals surface area contributed by atoms with Crippen molar-refractivity contribution in [1.29, 1.82) is 0 Å². The van der Waals surface area contributed by atoms with E-state index < -0.39 is 0 Å². The van der Waals surface area contributed by atoms with Crippen LogP contribution < -0.4 is 0 Å². The molecule has 1 aliphatic rings. The van der Waals surface area contributed by atoms with Gasteiger partial charge in [-0.1, -0.05) is 205 Å². The van der Waals surface area contributed by atoms with E-state index in [1.165, 1.54) is 75.3 Å². The molecule has 0 bridgehead atoms. The summed E-state index contributed by atoms with van der Waals surface area (Å²) in [6.45, 7) is 43.4. The third-order valence-corrected chi connectivity index (χ3v) is 8.01. The Bertz CT molecular complexity index is 691. The molecule has 0 radical (unpaired) electrons. The molecular formula is C42H84. The van der Waals surface area contributed by atoms with Gasteiger partial charge in [0.1, 0.15) is 0 Å². The van der Waals surface area contributed by atoms with E-state index in [2.05, 4.69) is 135 Å². The molecular weight excluding hydrogens is 504 g/mol. The Morgan fingerprint density at radius 1 is 0.833 bits per heavy atom. The summed E-state index contributed by atoms with van der Waals surface area (Å²) in [5, 5.41) is 0. The quantitative estimate of drug-likeness (QED) is 0.237. The number of hydrogen-bond donors (Lipinski definition) is 0. The Morgan fingerprint density at radius 2 is 1.29 bits per heavy atom. The minimum absolute atomic E-state index is 0.343. The molecule has 1 saturated carbocycles. The first kappa shape index (κ1) is 47.9. The van der Waals surface area contributed by atoms with Gasteiger partial charge in [0, 0.05) is 0 Å². The zero-order chi connectivity index (χ0) is 33.9. The highest BCUT2D eigenvalue weighted by atomic mass is 14.3. The molecule has 0 heteroatoms. The van der Waals surface area contributed by atoms with Gasteiger partial charge in [0.25, 0.3) is 0 Å². The van der Waals surface area contributed by atoms with Crippen molar-refractivity contribution >= 4 is 0 Å². The van der Waals surface area contributed by atoms with E-state index in [4.69, 9.17) is 0 Å². The molecule has 0 spiro atoms. The smallest absolute Gasteiger partial charge is 0.0142 e. The van der Waals surface area contributed by atoms with Crippen molar-refractivity contribution in [2.45, 2.75) is 195 Å². The fourth-order valence-electron chi connectivity index (χ4n) is 3.74. The summed E-state index contributed by atoms with van der Waals surface area (Å²) in [6.07, 6.45) is 13.7. The van der Waals surface area contributed by atoms with Gasteiger partial charge >= 0.3 is 0 Å². The van der Waals surface area contributed by atoms with E-state index in [0.29, 0.717) is 22.7 Å². The number of hydrogen-bond acceptors (Lipinski definition) is 0. The number of allylic oxidation sites excluding steroid dienone is 1. The van der Waals surface area contributed by atoms with E-state index >= 15 is 0 Å². The molecule has 1 fully saturated rings. The van der Waals surface area contributed by atoms with Crippen molar-refractivity contribution < 1.29 is 0 Å². The average molecular weight is 589 g/mol. The van der Waals surface area contributed by atoms with Gasteiger partial charge in [-0.05, 0) is 65.4 Å². The molecule has 0 N–H and O–H groups in total. The van der Waals surface area contributed by atoms with Crippen LogP contribution in [0.15, 0.2) is 36.4 Å². The van der Waals surface area contributed by atoms with Gasteiger partial charge in [0.15, 0.2) is 0 Å². The molecule has 1 aromatic carbocycles. The molecule has 2 rings (SSSR count). The molecule has 3 atom stereocenters. The predicted molar refractivity (Wildman–Crippen MR) is 201 cm³/mol. The number of rotatable bonds is 5. The van der Waals surface area contributed by atoms with Crippen molar-refractivity contribution in [2.24, 2.45) is 28.6 Å². The van der Waals surface area contributed by atoms with Crippen LogP contribution >= 0.6 is 0 Å². The number of benzene rings is 1. The third kappa shape index (κ3) is 31.9. The third-order valence-electron chi connectivity index (χ3n) is 8.01. The first-order valence-electron chi connectivity index (χ1n) is 18.1. The van der Waals surface area contributed by atoms with Crippen LogP contribution in [0.25, 0.3) is 0 Å². The van der Waals surface area contributed by atoms with Crippen LogP contribution in [0.5, 0.6) is 0 Å². The fraction of sp³-hybridized carbons (Fsp3) is 0.810. The second-order valence-corrected chi connectivity index (χ2v) is 15.2. The summed E-state index contributed by atoms with van der Waals surface area (Å²) < 4.78 is 0. The first-order valence-corrected chi connectivity index (χ1v) is 18.1. The van der Waals surface area contributed by atoms with Crippen LogP contribution in [0.4, 0.5) is 0 Å². The average Bonchev–Trinajstić information content (AvgIpc) is 3.13. The fourth-order valence-corrected chi connectivity index (χ4v) is 3.74. The van der Waals surface area contributed by atoms with Crippen LogP contribution in [0.1, 0.15) is 199 Å². The normalized spacial score (nSPS) is 17.0. The van der Waals surface area contributed by atoms with Crippen LogP contribution in [0, 0.1) is 28.6 Å². The Balaban J connectivity index is -0.000000296. The maximum Gasteiger partial charge on any atom is -0.0142 e. The maximum absolute atomic E-state index is 3.75. The highest BCUT2D eigenvalue weighted by Gasteiger charge is 2.22. The monoisotopic (exact) mass is 589 g/mol. The minimum Gasteiger partial charge on any atom is -0.0999 e. The van der Waals surface area contributed by atoms with Crippen molar-refractivity contribution in [3.63, 3.8) is 0 Å². The summed E-state index contributed by atoms with van der Waals surface area (Å²) in [5.74, 6) is 3.20. The minimum atomic E-state index is 0.343. The maximum atomic E-state index is 3.75.